The number of H-pyrrole nitrogens is 1. The number of halogens is 1. The first-order valence-electron chi connectivity index (χ1n) is 11.7. The molecule has 5 heteroatoms. The highest BCUT2D eigenvalue weighted by Crippen LogP contribution is 2.32. The van der Waals surface area contributed by atoms with E-state index >= 15 is 0 Å². The third-order valence-corrected chi connectivity index (χ3v) is 6.81. The number of aromatic nitrogens is 1. The van der Waals surface area contributed by atoms with E-state index in [-0.39, 0.29) is 17.4 Å². The number of rotatable bonds is 5. The fourth-order valence-electron chi connectivity index (χ4n) is 4.65. The van der Waals surface area contributed by atoms with Crippen LogP contribution in [0.4, 0.5) is 5.69 Å². The maximum Gasteiger partial charge on any atom is 0.260 e. The lowest BCUT2D eigenvalue weighted by atomic mass is 9.92. The molecule has 2 heterocycles. The first-order valence-corrected chi connectivity index (χ1v) is 12.1. The summed E-state index contributed by atoms with van der Waals surface area (Å²) in [6.07, 6.45) is 3.09. The molecule has 0 bridgehead atoms. The molecule has 0 aliphatic carbocycles. The van der Waals surface area contributed by atoms with Crippen LogP contribution < -0.4 is 4.90 Å². The first kappa shape index (κ1) is 22.9. The molecule has 1 aliphatic heterocycles. The minimum atomic E-state index is -0.0181. The summed E-state index contributed by atoms with van der Waals surface area (Å²) in [5.74, 6) is -0.0181. The van der Waals surface area contributed by atoms with Crippen LogP contribution in [-0.2, 0) is 5.41 Å². The van der Waals surface area contributed by atoms with Gasteiger partial charge in [0.05, 0.1) is 10.6 Å². The second-order valence-electron chi connectivity index (χ2n) is 9.93. The van der Waals surface area contributed by atoms with Crippen molar-refractivity contribution in [1.29, 1.82) is 0 Å². The number of likely N-dealkylation sites (tertiary alicyclic amines) is 1. The topological polar surface area (TPSA) is 39.3 Å². The average molecular weight is 452 g/mol. The Hall–Kier alpha value is -2.30. The van der Waals surface area contributed by atoms with Crippen molar-refractivity contribution in [2.45, 2.75) is 58.4 Å². The Balaban J connectivity index is 1.72. The normalized spacial score (nSPS) is 15.9. The highest BCUT2D eigenvalue weighted by Gasteiger charge is 2.31. The van der Waals surface area contributed by atoms with E-state index in [0.717, 1.165) is 55.5 Å². The van der Waals surface area contributed by atoms with E-state index in [0.29, 0.717) is 10.6 Å². The summed E-state index contributed by atoms with van der Waals surface area (Å²) in [7, 11) is 0. The van der Waals surface area contributed by atoms with Gasteiger partial charge in [-0.25, -0.2) is 0 Å². The zero-order valence-corrected chi connectivity index (χ0v) is 20.4. The van der Waals surface area contributed by atoms with Crippen molar-refractivity contribution in [2.24, 2.45) is 0 Å². The highest BCUT2D eigenvalue weighted by atomic mass is 35.5. The molecule has 32 heavy (non-hydrogen) atoms. The zero-order valence-electron chi connectivity index (χ0n) is 19.6. The molecule has 0 saturated carbocycles. The van der Waals surface area contributed by atoms with Gasteiger partial charge >= 0.3 is 0 Å². The highest BCUT2D eigenvalue weighted by molar-refractivity contribution is 6.34. The Morgan fingerprint density at radius 3 is 2.50 bits per heavy atom. The fraction of sp³-hybridized carbons (Fsp3) is 0.444. The maximum atomic E-state index is 13.8. The Morgan fingerprint density at radius 2 is 1.84 bits per heavy atom. The SMILES string of the molecule is CCCN1CCC(N(C(=O)c2ccccc2Cl)c2ccc3[nH]c(C(C)(C)C)cc3c2)CC1. The van der Waals surface area contributed by atoms with E-state index in [1.165, 1.54) is 5.69 Å². The summed E-state index contributed by atoms with van der Waals surface area (Å²) in [5.41, 5.74) is 3.84. The minimum Gasteiger partial charge on any atom is -0.358 e. The molecule has 4 rings (SSSR count). The molecule has 0 radical (unpaired) electrons. The third kappa shape index (κ3) is 4.72. The number of nitrogens with zero attached hydrogens (tertiary/aromatic N) is 2. The molecule has 1 saturated heterocycles. The number of carbonyl (C=O) groups excluding carboxylic acids is 1. The average Bonchev–Trinajstić information content (AvgIpc) is 3.20. The van der Waals surface area contributed by atoms with Crippen molar-refractivity contribution < 1.29 is 4.79 Å². The molecule has 0 spiro atoms. The van der Waals surface area contributed by atoms with Gasteiger partial charge in [-0.3, -0.25) is 4.79 Å². The van der Waals surface area contributed by atoms with Gasteiger partial charge in [-0.15, -0.1) is 0 Å². The van der Waals surface area contributed by atoms with Crippen LogP contribution in [0.3, 0.4) is 0 Å². The van der Waals surface area contributed by atoms with Gasteiger partial charge in [-0.2, -0.15) is 0 Å². The Labute approximate surface area is 196 Å². The maximum absolute atomic E-state index is 13.8. The number of amides is 1. The molecule has 1 aliphatic rings. The van der Waals surface area contributed by atoms with E-state index in [9.17, 15) is 4.79 Å². The molecule has 3 aromatic rings. The molecule has 4 nitrogen and oxygen atoms in total. The molecule has 1 N–H and O–H groups in total. The van der Waals surface area contributed by atoms with Crippen molar-refractivity contribution in [3.63, 3.8) is 0 Å². The Bertz CT molecular complexity index is 1090. The van der Waals surface area contributed by atoms with Gasteiger partial charge in [0.2, 0.25) is 0 Å². The monoisotopic (exact) mass is 451 g/mol. The lowest BCUT2D eigenvalue weighted by molar-refractivity contribution is 0.0960. The van der Waals surface area contributed by atoms with Crippen LogP contribution in [0.2, 0.25) is 5.02 Å². The molecule has 1 amide bonds. The van der Waals surface area contributed by atoms with Crippen LogP contribution in [0.5, 0.6) is 0 Å². The van der Waals surface area contributed by atoms with Gasteiger partial charge in [0, 0.05) is 46.8 Å². The van der Waals surface area contributed by atoms with Crippen molar-refractivity contribution >= 4 is 34.1 Å². The van der Waals surface area contributed by atoms with E-state index in [4.69, 9.17) is 11.6 Å². The number of nitrogens with one attached hydrogen (secondary N) is 1. The number of hydrogen-bond acceptors (Lipinski definition) is 2. The zero-order chi connectivity index (χ0) is 22.9. The van der Waals surface area contributed by atoms with Gasteiger partial charge in [0.25, 0.3) is 5.91 Å². The van der Waals surface area contributed by atoms with Gasteiger partial charge in [-0.1, -0.05) is 51.4 Å². The Kier molecular flexibility index (Phi) is 6.64. The summed E-state index contributed by atoms with van der Waals surface area (Å²) in [6.45, 7) is 12.0. The standard InChI is InChI=1S/C27H34ClN3O/c1-5-14-30-15-12-20(13-16-30)31(26(32)22-8-6-7-9-23(22)28)21-10-11-24-19(17-21)18-25(29-24)27(2,3)4/h6-11,17-18,20,29H,5,12-16H2,1-4H3. The van der Waals surface area contributed by atoms with Crippen LogP contribution in [0.1, 0.15) is 63.0 Å². The van der Waals surface area contributed by atoms with E-state index in [1.54, 1.807) is 6.07 Å². The van der Waals surface area contributed by atoms with Crippen LogP contribution >= 0.6 is 11.6 Å². The van der Waals surface area contributed by atoms with Gasteiger partial charge in [-0.05, 0) is 62.2 Å². The van der Waals surface area contributed by atoms with Crippen molar-refractivity contribution in [3.05, 3.63) is 64.8 Å². The van der Waals surface area contributed by atoms with Gasteiger partial charge < -0.3 is 14.8 Å². The van der Waals surface area contributed by atoms with E-state index < -0.39 is 0 Å². The van der Waals surface area contributed by atoms with Crippen molar-refractivity contribution in [2.75, 3.05) is 24.5 Å². The van der Waals surface area contributed by atoms with E-state index in [2.05, 4.69) is 61.8 Å². The van der Waals surface area contributed by atoms with E-state index in [1.807, 2.05) is 23.1 Å². The number of anilines is 1. The number of carbonyl (C=O) groups is 1. The number of hydrogen-bond donors (Lipinski definition) is 1. The largest absolute Gasteiger partial charge is 0.358 e. The third-order valence-electron chi connectivity index (χ3n) is 6.48. The lowest BCUT2D eigenvalue weighted by Crippen LogP contribution is -2.48. The molecular weight excluding hydrogens is 418 g/mol. The number of fused-ring (bicyclic) bond motifs is 1. The minimum absolute atomic E-state index is 0.0181. The summed E-state index contributed by atoms with van der Waals surface area (Å²) < 4.78 is 0. The number of aromatic amines is 1. The van der Waals surface area contributed by atoms with Crippen LogP contribution in [0, 0.1) is 0 Å². The smallest absolute Gasteiger partial charge is 0.260 e. The molecule has 1 aromatic heterocycles. The molecule has 170 valence electrons. The predicted octanol–water partition coefficient (Wildman–Crippen LogP) is 6.64. The molecule has 0 unspecified atom stereocenters. The second-order valence-corrected chi connectivity index (χ2v) is 10.3. The molecule has 2 aromatic carbocycles. The van der Waals surface area contributed by atoms with Crippen LogP contribution in [-0.4, -0.2) is 41.5 Å². The molecule has 1 fully saturated rings. The van der Waals surface area contributed by atoms with Gasteiger partial charge in [0.1, 0.15) is 0 Å². The fourth-order valence-corrected chi connectivity index (χ4v) is 4.87. The quantitative estimate of drug-likeness (QED) is 0.472. The summed E-state index contributed by atoms with van der Waals surface area (Å²) >= 11 is 6.44. The summed E-state index contributed by atoms with van der Waals surface area (Å²) in [6, 6.07) is 16.0. The van der Waals surface area contributed by atoms with Crippen LogP contribution in [0.15, 0.2) is 48.5 Å². The summed E-state index contributed by atoms with van der Waals surface area (Å²) in [5, 5.41) is 1.64. The summed E-state index contributed by atoms with van der Waals surface area (Å²) in [4.78, 5) is 21.8. The van der Waals surface area contributed by atoms with Crippen molar-refractivity contribution in [3.8, 4) is 0 Å². The number of benzene rings is 2. The predicted molar refractivity (Wildman–Crippen MR) is 135 cm³/mol. The van der Waals surface area contributed by atoms with Crippen molar-refractivity contribution in [1.82, 2.24) is 9.88 Å². The second kappa shape index (κ2) is 9.29. The molecule has 0 atom stereocenters. The van der Waals surface area contributed by atoms with Gasteiger partial charge in [0.15, 0.2) is 0 Å². The van der Waals surface area contributed by atoms with Crippen LogP contribution in [0.25, 0.3) is 10.9 Å². The lowest BCUT2D eigenvalue weighted by Gasteiger charge is -2.38. The first-order chi connectivity index (χ1) is 15.3. The Morgan fingerprint density at radius 1 is 1.12 bits per heavy atom. The molecular formula is C27H34ClN3O. The number of piperidine rings is 1.